The van der Waals surface area contributed by atoms with E-state index >= 15 is 0 Å². The molecule has 0 bridgehead atoms. The van der Waals surface area contributed by atoms with Crippen LogP contribution in [0, 0.1) is 0 Å². The zero-order valence-corrected chi connectivity index (χ0v) is 9.52. The molecule has 0 radical (unpaired) electrons. The molecule has 0 aliphatic heterocycles. The zero-order chi connectivity index (χ0) is 11.1. The summed E-state index contributed by atoms with van der Waals surface area (Å²) in [7, 11) is 0. The summed E-state index contributed by atoms with van der Waals surface area (Å²) in [6.07, 6.45) is 0.633. The van der Waals surface area contributed by atoms with Gasteiger partial charge in [-0.05, 0) is 24.8 Å². The van der Waals surface area contributed by atoms with Gasteiger partial charge in [-0.2, -0.15) is 0 Å². The highest BCUT2D eigenvalue weighted by atomic mass is 16.5. The van der Waals surface area contributed by atoms with Crippen molar-refractivity contribution in [2.75, 3.05) is 13.2 Å². The second kappa shape index (κ2) is 6.59. The third-order valence-electron chi connectivity index (χ3n) is 2.42. The normalized spacial score (nSPS) is 14.9. The molecule has 1 aromatic rings. The van der Waals surface area contributed by atoms with Gasteiger partial charge in [0.15, 0.2) is 0 Å². The summed E-state index contributed by atoms with van der Waals surface area (Å²) < 4.78 is 5.34. The SMILES string of the molecule is CC(O)COCCC(C)c1ccccc1. The van der Waals surface area contributed by atoms with Gasteiger partial charge in [-0.3, -0.25) is 0 Å². The van der Waals surface area contributed by atoms with Crippen molar-refractivity contribution in [3.8, 4) is 0 Å². The highest BCUT2D eigenvalue weighted by Gasteiger charge is 2.04. The molecule has 1 N–H and O–H groups in total. The summed E-state index contributed by atoms with van der Waals surface area (Å²) in [5, 5.41) is 9.01. The van der Waals surface area contributed by atoms with Crippen LogP contribution in [0.4, 0.5) is 0 Å². The van der Waals surface area contributed by atoms with Crippen molar-refractivity contribution < 1.29 is 9.84 Å². The Kier molecular flexibility index (Phi) is 5.37. The Morgan fingerprint density at radius 3 is 2.47 bits per heavy atom. The van der Waals surface area contributed by atoms with E-state index in [-0.39, 0.29) is 6.10 Å². The largest absolute Gasteiger partial charge is 0.391 e. The monoisotopic (exact) mass is 208 g/mol. The first-order chi connectivity index (χ1) is 7.20. The van der Waals surface area contributed by atoms with Crippen molar-refractivity contribution in [1.29, 1.82) is 0 Å². The van der Waals surface area contributed by atoms with E-state index in [1.165, 1.54) is 5.56 Å². The lowest BCUT2D eigenvalue weighted by molar-refractivity contribution is 0.0436. The molecule has 1 rings (SSSR count). The average molecular weight is 208 g/mol. The molecule has 0 spiro atoms. The minimum absolute atomic E-state index is 0.364. The maximum absolute atomic E-state index is 9.01. The molecular formula is C13H20O2. The summed E-state index contributed by atoms with van der Waals surface area (Å²) >= 11 is 0. The van der Waals surface area contributed by atoms with E-state index < -0.39 is 0 Å². The van der Waals surface area contributed by atoms with Crippen LogP contribution < -0.4 is 0 Å². The lowest BCUT2D eigenvalue weighted by Crippen LogP contribution is -2.12. The van der Waals surface area contributed by atoms with E-state index in [0.29, 0.717) is 19.1 Å². The predicted octanol–water partition coefficient (Wildman–Crippen LogP) is 2.58. The first-order valence-corrected chi connectivity index (χ1v) is 5.51. The third-order valence-corrected chi connectivity index (χ3v) is 2.42. The van der Waals surface area contributed by atoms with E-state index in [2.05, 4.69) is 31.2 Å². The van der Waals surface area contributed by atoms with E-state index in [1.54, 1.807) is 6.92 Å². The smallest absolute Gasteiger partial charge is 0.0745 e. The Morgan fingerprint density at radius 1 is 1.20 bits per heavy atom. The molecule has 0 aliphatic rings. The van der Waals surface area contributed by atoms with Crippen molar-refractivity contribution in [3.63, 3.8) is 0 Å². The van der Waals surface area contributed by atoms with Crippen molar-refractivity contribution in [3.05, 3.63) is 35.9 Å². The Hall–Kier alpha value is -0.860. The van der Waals surface area contributed by atoms with Gasteiger partial charge in [-0.1, -0.05) is 37.3 Å². The Labute approximate surface area is 91.9 Å². The quantitative estimate of drug-likeness (QED) is 0.728. The molecule has 0 saturated heterocycles. The molecule has 2 unspecified atom stereocenters. The topological polar surface area (TPSA) is 29.5 Å². The molecule has 2 heteroatoms. The second-order valence-corrected chi connectivity index (χ2v) is 4.02. The van der Waals surface area contributed by atoms with Crippen LogP contribution >= 0.6 is 0 Å². The molecule has 0 saturated carbocycles. The van der Waals surface area contributed by atoms with Crippen LogP contribution in [-0.4, -0.2) is 24.4 Å². The van der Waals surface area contributed by atoms with Crippen molar-refractivity contribution >= 4 is 0 Å². The van der Waals surface area contributed by atoms with Gasteiger partial charge in [0, 0.05) is 6.61 Å². The molecule has 0 fully saturated rings. The number of aliphatic hydroxyl groups is 1. The lowest BCUT2D eigenvalue weighted by atomic mass is 9.98. The number of benzene rings is 1. The van der Waals surface area contributed by atoms with E-state index in [9.17, 15) is 0 Å². The van der Waals surface area contributed by atoms with Crippen LogP contribution in [0.2, 0.25) is 0 Å². The van der Waals surface area contributed by atoms with Crippen LogP contribution in [0.15, 0.2) is 30.3 Å². The highest BCUT2D eigenvalue weighted by molar-refractivity contribution is 5.18. The summed E-state index contributed by atoms with van der Waals surface area (Å²) in [6, 6.07) is 10.4. The zero-order valence-electron chi connectivity index (χ0n) is 9.52. The molecule has 2 atom stereocenters. The Bertz CT molecular complexity index is 256. The minimum atomic E-state index is -0.364. The molecule has 2 nitrogen and oxygen atoms in total. The fourth-order valence-corrected chi connectivity index (χ4v) is 1.46. The van der Waals surface area contributed by atoms with Gasteiger partial charge in [-0.15, -0.1) is 0 Å². The number of hydrogen-bond acceptors (Lipinski definition) is 2. The van der Waals surface area contributed by atoms with Gasteiger partial charge >= 0.3 is 0 Å². The summed E-state index contributed by atoms with van der Waals surface area (Å²) in [5.74, 6) is 0.514. The van der Waals surface area contributed by atoms with Crippen LogP contribution in [0.5, 0.6) is 0 Å². The van der Waals surface area contributed by atoms with Gasteiger partial charge in [0.05, 0.1) is 12.7 Å². The summed E-state index contributed by atoms with van der Waals surface area (Å²) in [5.41, 5.74) is 1.35. The second-order valence-electron chi connectivity index (χ2n) is 4.02. The van der Waals surface area contributed by atoms with Crippen molar-refractivity contribution in [2.45, 2.75) is 32.3 Å². The molecule has 0 aliphatic carbocycles. The maximum atomic E-state index is 9.01. The molecule has 84 valence electrons. The molecule has 1 aromatic carbocycles. The average Bonchev–Trinajstić information content (AvgIpc) is 2.25. The Balaban J connectivity index is 2.22. The molecule has 0 aromatic heterocycles. The minimum Gasteiger partial charge on any atom is -0.391 e. The van der Waals surface area contributed by atoms with Crippen molar-refractivity contribution in [2.24, 2.45) is 0 Å². The van der Waals surface area contributed by atoms with E-state index in [0.717, 1.165) is 6.42 Å². The van der Waals surface area contributed by atoms with Gasteiger partial charge in [0.2, 0.25) is 0 Å². The number of aliphatic hydroxyl groups excluding tert-OH is 1. The van der Waals surface area contributed by atoms with E-state index in [1.807, 2.05) is 6.07 Å². The van der Waals surface area contributed by atoms with Crippen LogP contribution in [0.1, 0.15) is 31.7 Å². The number of ether oxygens (including phenoxy) is 1. The first-order valence-electron chi connectivity index (χ1n) is 5.51. The molecular weight excluding hydrogens is 188 g/mol. The predicted molar refractivity (Wildman–Crippen MR) is 62.0 cm³/mol. The van der Waals surface area contributed by atoms with Gasteiger partial charge in [0.25, 0.3) is 0 Å². The highest BCUT2D eigenvalue weighted by Crippen LogP contribution is 2.17. The van der Waals surface area contributed by atoms with Crippen LogP contribution in [-0.2, 0) is 4.74 Å². The molecule has 0 heterocycles. The number of rotatable bonds is 6. The summed E-state index contributed by atoms with van der Waals surface area (Å²) in [6.45, 7) is 5.07. The standard InChI is InChI=1S/C13H20O2/c1-11(8-9-15-10-12(2)14)13-6-4-3-5-7-13/h3-7,11-12,14H,8-10H2,1-2H3. The van der Waals surface area contributed by atoms with Crippen molar-refractivity contribution in [1.82, 2.24) is 0 Å². The fourth-order valence-electron chi connectivity index (χ4n) is 1.46. The summed E-state index contributed by atoms with van der Waals surface area (Å²) in [4.78, 5) is 0. The van der Waals surface area contributed by atoms with Crippen LogP contribution in [0.3, 0.4) is 0 Å². The number of hydrogen-bond donors (Lipinski definition) is 1. The molecule has 15 heavy (non-hydrogen) atoms. The van der Waals surface area contributed by atoms with Gasteiger partial charge in [-0.25, -0.2) is 0 Å². The maximum Gasteiger partial charge on any atom is 0.0745 e. The van der Waals surface area contributed by atoms with Crippen LogP contribution in [0.25, 0.3) is 0 Å². The van der Waals surface area contributed by atoms with E-state index in [4.69, 9.17) is 9.84 Å². The van der Waals surface area contributed by atoms with Gasteiger partial charge in [0.1, 0.15) is 0 Å². The molecule has 0 amide bonds. The fraction of sp³-hybridized carbons (Fsp3) is 0.538. The third kappa shape index (κ3) is 4.96. The lowest BCUT2D eigenvalue weighted by Gasteiger charge is -2.12. The Morgan fingerprint density at radius 2 is 1.87 bits per heavy atom. The first kappa shape index (κ1) is 12.2. The van der Waals surface area contributed by atoms with Gasteiger partial charge < -0.3 is 9.84 Å².